The van der Waals surface area contributed by atoms with Crippen molar-refractivity contribution in [3.63, 3.8) is 0 Å². The van der Waals surface area contributed by atoms with Gasteiger partial charge in [-0.15, -0.1) is 0 Å². The van der Waals surface area contributed by atoms with Crippen LogP contribution in [0.5, 0.6) is 0 Å². The lowest BCUT2D eigenvalue weighted by atomic mass is 9.89. The second-order valence-electron chi connectivity index (χ2n) is 3.74. The Kier molecular flexibility index (Phi) is 2.86. The van der Waals surface area contributed by atoms with Crippen molar-refractivity contribution in [1.29, 1.82) is 0 Å². The van der Waals surface area contributed by atoms with E-state index in [4.69, 9.17) is 0 Å². The van der Waals surface area contributed by atoms with Crippen LogP contribution in [0.1, 0.15) is 23.5 Å². The highest BCUT2D eigenvalue weighted by Gasteiger charge is 2.34. The van der Waals surface area contributed by atoms with Gasteiger partial charge < -0.3 is 0 Å². The first-order chi connectivity index (χ1) is 7.59. The van der Waals surface area contributed by atoms with Gasteiger partial charge in [0.25, 0.3) is 0 Å². The Morgan fingerprint density at radius 2 is 1.81 bits per heavy atom. The van der Waals surface area contributed by atoms with E-state index in [2.05, 4.69) is 0 Å². The van der Waals surface area contributed by atoms with Crippen LogP contribution in [0.15, 0.2) is 48.6 Å². The van der Waals surface area contributed by atoms with E-state index in [1.165, 1.54) is 6.07 Å². The van der Waals surface area contributed by atoms with Crippen LogP contribution in [0, 0.1) is 0 Å². The first kappa shape index (κ1) is 11.0. The Labute approximate surface area is 92.1 Å². The van der Waals surface area contributed by atoms with E-state index in [9.17, 15) is 13.2 Å². The van der Waals surface area contributed by atoms with Gasteiger partial charge in [0, 0.05) is 5.92 Å². The van der Waals surface area contributed by atoms with E-state index < -0.39 is 11.7 Å². The maximum absolute atomic E-state index is 12.8. The van der Waals surface area contributed by atoms with Gasteiger partial charge in [0.15, 0.2) is 0 Å². The number of halogens is 3. The fraction of sp³-hybridized carbons (Fsp3) is 0.231. The van der Waals surface area contributed by atoms with Gasteiger partial charge in [-0.3, -0.25) is 0 Å². The van der Waals surface area contributed by atoms with Crippen LogP contribution in [-0.2, 0) is 6.18 Å². The highest BCUT2D eigenvalue weighted by molar-refractivity contribution is 5.37. The van der Waals surface area contributed by atoms with E-state index in [1.807, 2.05) is 18.2 Å². The third-order valence-electron chi connectivity index (χ3n) is 2.65. The summed E-state index contributed by atoms with van der Waals surface area (Å²) in [5.41, 5.74) is -0.171. The summed E-state index contributed by atoms with van der Waals surface area (Å²) >= 11 is 0. The molecular formula is C13H11F3. The zero-order valence-electron chi connectivity index (χ0n) is 8.54. The van der Waals surface area contributed by atoms with E-state index >= 15 is 0 Å². The van der Waals surface area contributed by atoms with Crippen LogP contribution in [0.4, 0.5) is 13.2 Å². The third kappa shape index (κ3) is 2.18. The minimum atomic E-state index is -4.27. The second-order valence-corrected chi connectivity index (χ2v) is 3.74. The Morgan fingerprint density at radius 3 is 2.44 bits per heavy atom. The summed E-state index contributed by atoms with van der Waals surface area (Å²) in [6.45, 7) is 0. The SMILES string of the molecule is FC(F)(F)c1ccccc1C1C=CC=CC1. The Balaban J connectivity index is 2.41. The predicted octanol–water partition coefficient (Wildman–Crippen LogP) is 4.31. The lowest BCUT2D eigenvalue weighted by Gasteiger charge is -2.19. The summed E-state index contributed by atoms with van der Waals surface area (Å²) in [7, 11) is 0. The lowest BCUT2D eigenvalue weighted by Crippen LogP contribution is -2.11. The quantitative estimate of drug-likeness (QED) is 0.667. The molecule has 0 heterocycles. The molecule has 1 aliphatic rings. The molecule has 3 heteroatoms. The van der Waals surface area contributed by atoms with Crippen molar-refractivity contribution in [3.8, 4) is 0 Å². The van der Waals surface area contributed by atoms with Crippen molar-refractivity contribution in [1.82, 2.24) is 0 Å². The zero-order chi connectivity index (χ0) is 11.6. The number of rotatable bonds is 1. The Hall–Kier alpha value is -1.51. The average molecular weight is 224 g/mol. The van der Waals surface area contributed by atoms with Gasteiger partial charge in [0.2, 0.25) is 0 Å². The summed E-state index contributed by atoms with van der Waals surface area (Å²) < 4.78 is 38.3. The predicted molar refractivity (Wildman–Crippen MR) is 57.1 cm³/mol. The molecule has 0 N–H and O–H groups in total. The van der Waals surface area contributed by atoms with Crippen LogP contribution in [0.25, 0.3) is 0 Å². The van der Waals surface area contributed by atoms with Crippen LogP contribution < -0.4 is 0 Å². The van der Waals surface area contributed by atoms with Gasteiger partial charge in [-0.1, -0.05) is 42.5 Å². The van der Waals surface area contributed by atoms with Crippen molar-refractivity contribution < 1.29 is 13.2 Å². The Morgan fingerprint density at radius 1 is 1.06 bits per heavy atom. The monoisotopic (exact) mass is 224 g/mol. The van der Waals surface area contributed by atoms with Gasteiger partial charge in [-0.25, -0.2) is 0 Å². The van der Waals surface area contributed by atoms with Gasteiger partial charge in [0.05, 0.1) is 5.56 Å². The molecule has 84 valence electrons. The summed E-state index contributed by atoms with van der Waals surface area (Å²) in [6, 6.07) is 5.77. The standard InChI is InChI=1S/C13H11F3/c14-13(15,16)12-9-5-4-8-11(12)10-6-2-1-3-7-10/h1-6,8-10H,7H2. The highest BCUT2D eigenvalue weighted by atomic mass is 19.4. The molecule has 1 aromatic carbocycles. The fourth-order valence-electron chi connectivity index (χ4n) is 1.89. The maximum Gasteiger partial charge on any atom is 0.416 e. The van der Waals surface area contributed by atoms with Crippen molar-refractivity contribution in [3.05, 3.63) is 59.7 Å². The summed E-state index contributed by atoms with van der Waals surface area (Å²) in [5.74, 6) is -0.164. The van der Waals surface area contributed by atoms with Gasteiger partial charge in [0.1, 0.15) is 0 Å². The van der Waals surface area contributed by atoms with Crippen molar-refractivity contribution in [2.45, 2.75) is 18.5 Å². The molecule has 0 saturated heterocycles. The van der Waals surface area contributed by atoms with Crippen LogP contribution >= 0.6 is 0 Å². The summed E-state index contributed by atoms with van der Waals surface area (Å²) in [4.78, 5) is 0. The van der Waals surface area contributed by atoms with Gasteiger partial charge >= 0.3 is 6.18 Å². The number of hydrogen-bond donors (Lipinski definition) is 0. The molecule has 1 aliphatic carbocycles. The first-order valence-electron chi connectivity index (χ1n) is 5.08. The molecular weight excluding hydrogens is 213 g/mol. The van der Waals surface area contributed by atoms with Crippen LogP contribution in [-0.4, -0.2) is 0 Å². The molecule has 0 bridgehead atoms. The molecule has 2 rings (SSSR count). The van der Waals surface area contributed by atoms with Crippen LogP contribution in [0.3, 0.4) is 0 Å². The zero-order valence-corrected chi connectivity index (χ0v) is 8.54. The molecule has 0 saturated carbocycles. The number of alkyl halides is 3. The van der Waals surface area contributed by atoms with Crippen LogP contribution in [0.2, 0.25) is 0 Å². The molecule has 1 atom stereocenters. The molecule has 0 amide bonds. The Bertz CT molecular complexity index is 427. The number of benzene rings is 1. The number of hydrogen-bond acceptors (Lipinski definition) is 0. The smallest absolute Gasteiger partial charge is 0.166 e. The highest BCUT2D eigenvalue weighted by Crippen LogP contribution is 2.37. The molecule has 1 aromatic rings. The van der Waals surface area contributed by atoms with E-state index in [1.54, 1.807) is 18.2 Å². The van der Waals surface area contributed by atoms with E-state index in [0.717, 1.165) is 6.07 Å². The van der Waals surface area contributed by atoms with E-state index in [0.29, 0.717) is 12.0 Å². The largest absolute Gasteiger partial charge is 0.416 e. The molecule has 0 nitrogen and oxygen atoms in total. The second kappa shape index (κ2) is 4.16. The molecule has 1 unspecified atom stereocenters. The van der Waals surface area contributed by atoms with Crippen molar-refractivity contribution in [2.24, 2.45) is 0 Å². The minimum Gasteiger partial charge on any atom is -0.166 e. The topological polar surface area (TPSA) is 0 Å². The lowest BCUT2D eigenvalue weighted by molar-refractivity contribution is -0.138. The normalized spacial score (nSPS) is 20.1. The summed E-state index contributed by atoms with van der Waals surface area (Å²) in [6.07, 6.45) is 3.70. The number of allylic oxidation sites excluding steroid dienone is 4. The molecule has 0 radical (unpaired) electrons. The average Bonchev–Trinajstić information content (AvgIpc) is 2.29. The third-order valence-corrected chi connectivity index (χ3v) is 2.65. The van der Waals surface area contributed by atoms with Gasteiger partial charge in [-0.2, -0.15) is 13.2 Å². The molecule has 0 aliphatic heterocycles. The first-order valence-corrected chi connectivity index (χ1v) is 5.08. The van der Waals surface area contributed by atoms with E-state index in [-0.39, 0.29) is 5.92 Å². The molecule has 0 spiro atoms. The van der Waals surface area contributed by atoms with Crippen molar-refractivity contribution in [2.75, 3.05) is 0 Å². The maximum atomic E-state index is 12.8. The minimum absolute atomic E-state index is 0.164. The molecule has 0 fully saturated rings. The molecule has 0 aromatic heterocycles. The fourth-order valence-corrected chi connectivity index (χ4v) is 1.89. The van der Waals surface area contributed by atoms with Gasteiger partial charge in [-0.05, 0) is 18.1 Å². The summed E-state index contributed by atoms with van der Waals surface area (Å²) in [5, 5.41) is 0. The molecule has 16 heavy (non-hydrogen) atoms. The van der Waals surface area contributed by atoms with Crippen molar-refractivity contribution >= 4 is 0 Å².